The van der Waals surface area contributed by atoms with Crippen molar-refractivity contribution in [2.75, 3.05) is 0 Å². The van der Waals surface area contributed by atoms with Gasteiger partial charge in [-0.2, -0.15) is 0 Å². The second-order valence-electron chi connectivity index (χ2n) is 7.15. The topological polar surface area (TPSA) is 66.0 Å². The summed E-state index contributed by atoms with van der Waals surface area (Å²) >= 11 is 0. The average Bonchev–Trinajstić information content (AvgIpc) is 3.09. The van der Waals surface area contributed by atoms with Crippen LogP contribution in [0.25, 0.3) is 0 Å². The molecule has 138 valence electrons. The highest BCUT2D eigenvalue weighted by atomic mass is 16.4. The minimum atomic E-state index is -0.926. The average molecular weight is 352 g/mol. The summed E-state index contributed by atoms with van der Waals surface area (Å²) in [6.45, 7) is 8.28. The molecule has 0 unspecified atom stereocenters. The number of carboxylic acids is 1. The molecule has 1 heterocycles. The Hall–Kier alpha value is -2.62. The van der Waals surface area contributed by atoms with Crippen molar-refractivity contribution in [3.05, 3.63) is 77.0 Å². The SMILES string of the molecule is CC1=C(/C=C/C(C)=C/C=C/C(C)=C/C(=O)O)[C@](C)(c2ncc[nH]2)CCC1. The van der Waals surface area contributed by atoms with Crippen molar-refractivity contribution in [3.8, 4) is 0 Å². The molecule has 0 spiro atoms. The number of aromatic nitrogens is 2. The third-order valence-corrected chi connectivity index (χ3v) is 4.89. The van der Waals surface area contributed by atoms with Gasteiger partial charge in [0.15, 0.2) is 0 Å². The predicted octanol–water partition coefficient (Wildman–Crippen LogP) is 5.26. The Balaban J connectivity index is 2.20. The molecular weight excluding hydrogens is 324 g/mol. The van der Waals surface area contributed by atoms with Crippen LogP contribution in [0.1, 0.15) is 52.8 Å². The monoisotopic (exact) mass is 352 g/mol. The summed E-state index contributed by atoms with van der Waals surface area (Å²) in [5.74, 6) is 0.0943. The first kappa shape index (κ1) is 19.7. The van der Waals surface area contributed by atoms with Crippen molar-refractivity contribution in [2.24, 2.45) is 0 Å². The summed E-state index contributed by atoms with van der Waals surface area (Å²) in [6, 6.07) is 0. The van der Waals surface area contributed by atoms with Gasteiger partial charge in [-0.25, -0.2) is 9.78 Å². The number of aromatic amines is 1. The second-order valence-corrected chi connectivity index (χ2v) is 7.15. The highest BCUT2D eigenvalue weighted by molar-refractivity contribution is 5.81. The van der Waals surface area contributed by atoms with Gasteiger partial charge >= 0.3 is 5.97 Å². The second kappa shape index (κ2) is 8.65. The first-order valence-electron chi connectivity index (χ1n) is 8.97. The van der Waals surface area contributed by atoms with Crippen LogP contribution < -0.4 is 0 Å². The number of rotatable bonds is 6. The van der Waals surface area contributed by atoms with E-state index >= 15 is 0 Å². The van der Waals surface area contributed by atoms with Crippen LogP contribution in [0, 0.1) is 0 Å². The number of imidazole rings is 1. The van der Waals surface area contributed by atoms with Gasteiger partial charge in [-0.3, -0.25) is 0 Å². The molecule has 0 saturated heterocycles. The predicted molar refractivity (Wildman–Crippen MR) is 106 cm³/mol. The number of aliphatic carboxylic acids is 1. The third-order valence-electron chi connectivity index (χ3n) is 4.89. The van der Waals surface area contributed by atoms with E-state index in [-0.39, 0.29) is 5.41 Å². The van der Waals surface area contributed by atoms with E-state index in [1.54, 1.807) is 13.0 Å². The summed E-state index contributed by atoms with van der Waals surface area (Å²) in [6.07, 6.45) is 18.3. The fraction of sp³-hybridized carbons (Fsp3) is 0.364. The highest BCUT2D eigenvalue weighted by Gasteiger charge is 2.35. The molecule has 0 amide bonds. The third kappa shape index (κ3) is 4.94. The smallest absolute Gasteiger partial charge is 0.328 e. The summed E-state index contributed by atoms with van der Waals surface area (Å²) in [5.41, 5.74) is 4.48. The van der Waals surface area contributed by atoms with Crippen molar-refractivity contribution in [1.29, 1.82) is 0 Å². The van der Waals surface area contributed by atoms with Gasteiger partial charge in [-0.1, -0.05) is 41.5 Å². The van der Waals surface area contributed by atoms with E-state index in [2.05, 4.69) is 36.0 Å². The Labute approximate surface area is 155 Å². The lowest BCUT2D eigenvalue weighted by molar-refractivity contribution is -0.131. The lowest BCUT2D eigenvalue weighted by Gasteiger charge is -2.35. The highest BCUT2D eigenvalue weighted by Crippen LogP contribution is 2.42. The van der Waals surface area contributed by atoms with Gasteiger partial charge in [-0.15, -0.1) is 0 Å². The van der Waals surface area contributed by atoms with Crippen LogP contribution in [0.15, 0.2) is 71.1 Å². The number of nitrogens with one attached hydrogen (secondary N) is 1. The van der Waals surface area contributed by atoms with E-state index in [1.165, 1.54) is 23.6 Å². The zero-order chi connectivity index (χ0) is 19.2. The maximum absolute atomic E-state index is 10.6. The zero-order valence-corrected chi connectivity index (χ0v) is 16.0. The van der Waals surface area contributed by atoms with Gasteiger partial charge in [0.25, 0.3) is 0 Å². The Morgan fingerprint density at radius 3 is 2.73 bits per heavy atom. The molecule has 26 heavy (non-hydrogen) atoms. The van der Waals surface area contributed by atoms with Gasteiger partial charge in [0, 0.05) is 18.5 Å². The van der Waals surface area contributed by atoms with Crippen molar-refractivity contribution < 1.29 is 9.90 Å². The van der Waals surface area contributed by atoms with Crippen molar-refractivity contribution >= 4 is 5.97 Å². The van der Waals surface area contributed by atoms with Crippen LogP contribution in [-0.2, 0) is 10.2 Å². The molecule has 1 aromatic heterocycles. The fourth-order valence-electron chi connectivity index (χ4n) is 3.45. The molecular formula is C22H28N2O2. The first-order chi connectivity index (χ1) is 12.3. The molecule has 1 aromatic rings. The molecule has 4 nitrogen and oxygen atoms in total. The van der Waals surface area contributed by atoms with Crippen LogP contribution in [0.3, 0.4) is 0 Å². The van der Waals surface area contributed by atoms with E-state index < -0.39 is 5.97 Å². The van der Waals surface area contributed by atoms with Crippen molar-refractivity contribution in [2.45, 2.75) is 52.4 Å². The Morgan fingerprint density at radius 2 is 2.08 bits per heavy atom. The molecule has 1 aliphatic rings. The van der Waals surface area contributed by atoms with Gasteiger partial charge < -0.3 is 10.1 Å². The van der Waals surface area contributed by atoms with Crippen LogP contribution in [0.4, 0.5) is 0 Å². The molecule has 0 bridgehead atoms. The number of carboxylic acid groups (broad SMARTS) is 1. The number of hydrogen-bond acceptors (Lipinski definition) is 2. The molecule has 2 rings (SSSR count). The number of hydrogen-bond donors (Lipinski definition) is 2. The van der Waals surface area contributed by atoms with Crippen LogP contribution in [0.5, 0.6) is 0 Å². The first-order valence-corrected chi connectivity index (χ1v) is 8.97. The molecule has 0 aromatic carbocycles. The number of carbonyl (C=O) groups is 1. The lowest BCUT2D eigenvalue weighted by Crippen LogP contribution is -2.29. The maximum atomic E-state index is 10.6. The Bertz CT molecular complexity index is 792. The van der Waals surface area contributed by atoms with E-state index in [4.69, 9.17) is 5.11 Å². The van der Waals surface area contributed by atoms with Crippen LogP contribution in [0.2, 0.25) is 0 Å². The molecule has 0 saturated carbocycles. The van der Waals surface area contributed by atoms with Crippen LogP contribution in [-0.4, -0.2) is 21.0 Å². The van der Waals surface area contributed by atoms with E-state index in [1.807, 2.05) is 31.5 Å². The molecule has 4 heteroatoms. The molecule has 2 N–H and O–H groups in total. The molecule has 1 aliphatic carbocycles. The molecule has 1 atom stereocenters. The summed E-state index contributed by atoms with van der Waals surface area (Å²) in [5, 5.41) is 8.72. The van der Waals surface area contributed by atoms with E-state index in [0.717, 1.165) is 24.2 Å². The minimum Gasteiger partial charge on any atom is -0.478 e. The molecule has 0 fully saturated rings. The van der Waals surface area contributed by atoms with Gasteiger partial charge in [0.05, 0.1) is 5.41 Å². The summed E-state index contributed by atoms with van der Waals surface area (Å²) in [7, 11) is 0. The lowest BCUT2D eigenvalue weighted by atomic mass is 9.70. The fourth-order valence-corrected chi connectivity index (χ4v) is 3.45. The largest absolute Gasteiger partial charge is 0.478 e. The summed E-state index contributed by atoms with van der Waals surface area (Å²) < 4.78 is 0. The minimum absolute atomic E-state index is 0.0841. The maximum Gasteiger partial charge on any atom is 0.328 e. The summed E-state index contributed by atoms with van der Waals surface area (Å²) in [4.78, 5) is 18.4. The van der Waals surface area contributed by atoms with Crippen LogP contribution >= 0.6 is 0 Å². The number of H-pyrrole nitrogens is 1. The van der Waals surface area contributed by atoms with Crippen molar-refractivity contribution in [3.63, 3.8) is 0 Å². The van der Waals surface area contributed by atoms with Gasteiger partial charge in [0.1, 0.15) is 5.82 Å². The molecule has 0 radical (unpaired) electrons. The Morgan fingerprint density at radius 1 is 1.31 bits per heavy atom. The normalized spacial score (nSPS) is 22.6. The Kier molecular flexibility index (Phi) is 6.56. The number of nitrogens with zero attached hydrogens (tertiary/aromatic N) is 1. The van der Waals surface area contributed by atoms with Gasteiger partial charge in [-0.05, 0) is 58.1 Å². The quantitative estimate of drug-likeness (QED) is 0.542. The standard InChI is InChI=1S/C22H28N2O2/c1-16(7-5-8-17(2)15-20(25)26)10-11-19-18(3)9-6-12-22(19,4)21-23-13-14-24-21/h5,7-8,10-11,13-15H,6,9,12H2,1-4H3,(H,23,24)(H,25,26)/b8-5+,11-10+,16-7+,17-15+/t22-/m1/s1. The van der Waals surface area contributed by atoms with Gasteiger partial charge in [0.2, 0.25) is 0 Å². The van der Waals surface area contributed by atoms with E-state index in [0.29, 0.717) is 5.57 Å². The van der Waals surface area contributed by atoms with Crippen molar-refractivity contribution in [1.82, 2.24) is 9.97 Å². The van der Waals surface area contributed by atoms with E-state index in [9.17, 15) is 4.79 Å². The zero-order valence-electron chi connectivity index (χ0n) is 16.0. The number of allylic oxidation sites excluding steroid dienone is 9. The molecule has 0 aliphatic heterocycles.